The van der Waals surface area contributed by atoms with E-state index in [1.807, 2.05) is 0 Å². The molecule has 2 fully saturated rings. The molecule has 0 spiro atoms. The third-order valence-corrected chi connectivity index (χ3v) is 19.5. The van der Waals surface area contributed by atoms with Gasteiger partial charge in [0, 0.05) is 50.6 Å². The summed E-state index contributed by atoms with van der Waals surface area (Å²) in [5, 5.41) is 0. The summed E-state index contributed by atoms with van der Waals surface area (Å²) in [4.78, 5) is 8.56. The van der Waals surface area contributed by atoms with Gasteiger partial charge in [-0.15, -0.1) is 0 Å². The summed E-state index contributed by atoms with van der Waals surface area (Å²) >= 11 is 0. The molecule has 0 saturated heterocycles. The van der Waals surface area contributed by atoms with Crippen molar-refractivity contribution < 1.29 is 0 Å². The van der Waals surface area contributed by atoms with Crippen LogP contribution in [0.25, 0.3) is 0 Å². The highest BCUT2D eigenvalue weighted by atomic mass is 15.3. The number of benzene rings is 7. The van der Waals surface area contributed by atoms with Gasteiger partial charge in [-0.25, -0.2) is 0 Å². The first-order valence-corrected chi connectivity index (χ1v) is 27.6. The number of anilines is 7. The molecule has 4 aliphatic heterocycles. The molecule has 2 saturated carbocycles. The molecule has 0 radical (unpaired) electrons. The average Bonchev–Trinajstić information content (AvgIpc) is 3.75. The van der Waals surface area contributed by atoms with Gasteiger partial charge in [0.15, 0.2) is 0 Å². The third kappa shape index (κ3) is 5.99. The van der Waals surface area contributed by atoms with E-state index >= 15 is 0 Å². The quantitative estimate of drug-likeness (QED) is 0.163. The van der Waals surface area contributed by atoms with Crippen LogP contribution < -0.4 is 31.1 Å². The van der Waals surface area contributed by atoms with Gasteiger partial charge in [-0.1, -0.05) is 203 Å². The second kappa shape index (κ2) is 15.3. The summed E-state index contributed by atoms with van der Waals surface area (Å²) in [6, 6.07) is 60.8. The molecule has 4 heterocycles. The smallest absolute Gasteiger partial charge is 0.252 e. The Kier molecular flexibility index (Phi) is 9.73. The van der Waals surface area contributed by atoms with E-state index in [-0.39, 0.29) is 44.9 Å². The van der Waals surface area contributed by atoms with E-state index in [2.05, 4.69) is 243 Å². The lowest BCUT2D eigenvalue weighted by molar-refractivity contribution is 0.214. The zero-order chi connectivity index (χ0) is 50.0. The Hall–Kier alpha value is -6.00. The van der Waals surface area contributed by atoms with E-state index < -0.39 is 0 Å². The van der Waals surface area contributed by atoms with Crippen molar-refractivity contribution in [3.05, 3.63) is 191 Å². The van der Waals surface area contributed by atoms with Crippen molar-refractivity contribution >= 4 is 62.9 Å². The van der Waals surface area contributed by atoms with Gasteiger partial charge in [0.2, 0.25) is 0 Å². The molecule has 3 nitrogen and oxygen atoms in total. The van der Waals surface area contributed by atoms with E-state index in [1.54, 1.807) is 0 Å². The van der Waals surface area contributed by atoms with Crippen LogP contribution in [0.15, 0.2) is 152 Å². The topological polar surface area (TPSA) is 9.72 Å². The van der Waals surface area contributed by atoms with Gasteiger partial charge in [0.1, 0.15) is 0 Å². The van der Waals surface area contributed by atoms with E-state index in [0.29, 0.717) is 0 Å². The summed E-state index contributed by atoms with van der Waals surface area (Å²) in [5.74, 6) is 0. The van der Waals surface area contributed by atoms with Gasteiger partial charge in [-0.3, -0.25) is 0 Å². The van der Waals surface area contributed by atoms with Gasteiger partial charge in [-0.05, 0) is 148 Å². The minimum atomic E-state index is -0.226. The molecule has 0 bridgehead atoms. The van der Waals surface area contributed by atoms with Crippen LogP contribution in [-0.4, -0.2) is 17.8 Å². The Balaban J connectivity index is 1.19. The van der Waals surface area contributed by atoms with E-state index in [4.69, 9.17) is 0 Å². The molecule has 6 aliphatic rings. The molecule has 4 unspecified atom stereocenters. The minimum Gasteiger partial charge on any atom is -0.335 e. The monoisotopic (exact) mass is 944 g/mol. The van der Waals surface area contributed by atoms with Gasteiger partial charge in [0.25, 0.3) is 6.71 Å². The van der Waals surface area contributed by atoms with Crippen molar-refractivity contribution in [1.29, 1.82) is 0 Å². The highest BCUT2D eigenvalue weighted by molar-refractivity contribution is 7.00. The lowest BCUT2D eigenvalue weighted by Gasteiger charge is -2.55. The Morgan fingerprint density at radius 1 is 0.403 bits per heavy atom. The van der Waals surface area contributed by atoms with Gasteiger partial charge in [0.05, 0.1) is 11.1 Å². The van der Waals surface area contributed by atoms with Crippen LogP contribution in [0.2, 0.25) is 0 Å². The number of rotatable bonds is 4. The molecule has 72 heavy (non-hydrogen) atoms. The molecular weight excluding hydrogens is 870 g/mol. The fourth-order valence-electron chi connectivity index (χ4n) is 15.9. The fraction of sp³-hybridized carbons (Fsp3) is 0.382. The van der Waals surface area contributed by atoms with Crippen molar-refractivity contribution in [3.8, 4) is 0 Å². The third-order valence-electron chi connectivity index (χ3n) is 19.5. The SMILES string of the molecule is CC(C)(C)c1cccc(N2c3cc(C(C)(C)C)ccc3B3c4cc(C(C)(C)C)cc5c4N(c4cc(N6c7ccccc7C7(c8ccccc8)CCCCC67C)cc2c43)C2(C)CCCCC52c2ccccc2)c1. The molecule has 7 aromatic carbocycles. The van der Waals surface area contributed by atoms with Gasteiger partial charge in [-0.2, -0.15) is 0 Å². The van der Waals surface area contributed by atoms with Crippen LogP contribution in [0.5, 0.6) is 0 Å². The lowest BCUT2D eigenvalue weighted by Crippen LogP contribution is -2.65. The second-order valence-corrected chi connectivity index (χ2v) is 26.4. The first kappa shape index (κ1) is 45.8. The first-order chi connectivity index (χ1) is 34.3. The molecule has 0 amide bonds. The number of hydrogen-bond acceptors (Lipinski definition) is 3. The standard InChI is InChI=1S/C68H74BN3/c1-62(2,3)47-29-24-30-50(39-47)70-57-42-48(63(4,5)6)33-34-54(57)69-55-41-49(64(7,8)9)40-53-61(55)72(66(11)36-21-23-38-68(53,66)46-27-16-13-17-28-46)59-44-51(43-58(70)60(59)69)71-56-32-19-18-31-52(56)67(45-25-14-12-15-26-45)37-22-20-35-65(67,71)10/h12-19,24-34,39-44H,20-23,35-38H2,1-11H3. The predicted octanol–water partition coefficient (Wildman–Crippen LogP) is 15.7. The summed E-state index contributed by atoms with van der Waals surface area (Å²) in [6.45, 7) is 26.9. The van der Waals surface area contributed by atoms with Crippen molar-refractivity contribution in [3.63, 3.8) is 0 Å². The van der Waals surface area contributed by atoms with Crippen molar-refractivity contribution in [2.45, 2.75) is 166 Å². The predicted molar refractivity (Wildman–Crippen MR) is 307 cm³/mol. The molecule has 0 aromatic heterocycles. The van der Waals surface area contributed by atoms with E-state index in [0.717, 1.165) is 25.7 Å². The van der Waals surface area contributed by atoms with E-state index in [9.17, 15) is 0 Å². The van der Waals surface area contributed by atoms with Gasteiger partial charge < -0.3 is 14.7 Å². The zero-order valence-corrected chi connectivity index (χ0v) is 45.0. The van der Waals surface area contributed by atoms with Crippen molar-refractivity contribution in [2.75, 3.05) is 14.7 Å². The molecule has 4 atom stereocenters. The maximum atomic E-state index is 2.98. The fourth-order valence-corrected chi connectivity index (χ4v) is 15.9. The summed E-state index contributed by atoms with van der Waals surface area (Å²) in [5.41, 5.74) is 22.9. The molecule has 0 N–H and O–H groups in total. The van der Waals surface area contributed by atoms with Crippen LogP contribution in [0.3, 0.4) is 0 Å². The largest absolute Gasteiger partial charge is 0.335 e. The van der Waals surface area contributed by atoms with Crippen LogP contribution in [0.4, 0.5) is 39.8 Å². The van der Waals surface area contributed by atoms with Gasteiger partial charge >= 0.3 is 0 Å². The van der Waals surface area contributed by atoms with E-state index in [1.165, 1.54) is 121 Å². The summed E-state index contributed by atoms with van der Waals surface area (Å²) in [6.07, 6.45) is 9.35. The highest BCUT2D eigenvalue weighted by Crippen LogP contribution is 2.67. The zero-order valence-electron chi connectivity index (χ0n) is 45.0. The molecule has 364 valence electrons. The Bertz CT molecular complexity index is 3330. The van der Waals surface area contributed by atoms with Crippen LogP contribution in [0, 0.1) is 0 Å². The number of hydrogen-bond donors (Lipinski definition) is 0. The Labute approximate surface area is 431 Å². The number of para-hydroxylation sites is 1. The average molecular weight is 944 g/mol. The summed E-state index contributed by atoms with van der Waals surface area (Å²) < 4.78 is 0. The first-order valence-electron chi connectivity index (χ1n) is 27.6. The Morgan fingerprint density at radius 2 is 0.958 bits per heavy atom. The highest BCUT2D eigenvalue weighted by Gasteiger charge is 2.65. The number of nitrogens with zero attached hydrogens (tertiary/aromatic N) is 3. The van der Waals surface area contributed by atoms with Crippen LogP contribution in [-0.2, 0) is 27.1 Å². The molecule has 7 aromatic rings. The Morgan fingerprint density at radius 3 is 1.60 bits per heavy atom. The summed E-state index contributed by atoms with van der Waals surface area (Å²) in [7, 11) is 0. The normalized spacial score (nSPS) is 24.8. The maximum Gasteiger partial charge on any atom is 0.252 e. The maximum absolute atomic E-state index is 2.98. The lowest BCUT2D eigenvalue weighted by atomic mass is 9.33. The second-order valence-electron chi connectivity index (χ2n) is 26.4. The molecule has 13 rings (SSSR count). The minimum absolute atomic E-state index is 0.0219. The van der Waals surface area contributed by atoms with Crippen LogP contribution in [0.1, 0.15) is 166 Å². The van der Waals surface area contributed by atoms with Crippen LogP contribution >= 0.6 is 0 Å². The van der Waals surface area contributed by atoms with Crippen molar-refractivity contribution in [2.24, 2.45) is 0 Å². The van der Waals surface area contributed by atoms with Crippen molar-refractivity contribution in [1.82, 2.24) is 0 Å². The number of fused-ring (bicyclic) bond motifs is 10. The molecule has 4 heteroatoms. The molecule has 2 aliphatic carbocycles. The molecular formula is C68H74BN3.